The summed E-state index contributed by atoms with van der Waals surface area (Å²) >= 11 is 0. The summed E-state index contributed by atoms with van der Waals surface area (Å²) in [6.45, 7) is 0.229. The van der Waals surface area contributed by atoms with Crippen LogP contribution >= 0.6 is 0 Å². The molecule has 2 aromatic rings. The van der Waals surface area contributed by atoms with Crippen molar-refractivity contribution in [2.75, 3.05) is 5.73 Å². The lowest BCUT2D eigenvalue weighted by atomic mass is 10.2. The summed E-state index contributed by atoms with van der Waals surface area (Å²) in [6, 6.07) is 1.30. The average Bonchev–Trinajstić information content (AvgIpc) is 2.68. The molecule has 7 nitrogen and oxygen atoms in total. The molecule has 2 rings (SSSR count). The van der Waals surface area contributed by atoms with E-state index in [1.54, 1.807) is 13.2 Å². The lowest BCUT2D eigenvalue weighted by molar-refractivity contribution is 0.0949. The number of aromatic nitrogens is 3. The van der Waals surface area contributed by atoms with Crippen LogP contribution in [0.4, 0.5) is 5.82 Å². The Kier molecular flexibility index (Phi) is 3.13. The summed E-state index contributed by atoms with van der Waals surface area (Å²) in [5.74, 6) is 0.0392. The van der Waals surface area contributed by atoms with Gasteiger partial charge in [-0.05, 0) is 0 Å². The van der Waals surface area contributed by atoms with E-state index in [0.29, 0.717) is 11.4 Å². The van der Waals surface area contributed by atoms with Crippen molar-refractivity contribution >= 4 is 11.7 Å². The highest BCUT2D eigenvalue weighted by molar-refractivity contribution is 5.93. The van der Waals surface area contributed by atoms with Crippen LogP contribution in [-0.4, -0.2) is 20.7 Å². The van der Waals surface area contributed by atoms with Gasteiger partial charge >= 0.3 is 0 Å². The molecule has 2 aromatic heterocycles. The number of anilines is 1. The first kappa shape index (κ1) is 11.9. The number of H-pyrrole nitrogens is 1. The smallest absolute Gasteiger partial charge is 0.257 e. The fraction of sp³-hybridized carbons (Fsp3) is 0.182. The molecule has 0 aromatic carbocycles. The van der Waals surface area contributed by atoms with Gasteiger partial charge in [-0.25, -0.2) is 0 Å². The number of rotatable bonds is 3. The lowest BCUT2D eigenvalue weighted by Crippen LogP contribution is -2.28. The molecule has 0 saturated heterocycles. The second kappa shape index (κ2) is 4.74. The molecule has 7 heteroatoms. The molecule has 94 valence electrons. The molecule has 0 saturated carbocycles. The molecule has 0 aliphatic rings. The van der Waals surface area contributed by atoms with Gasteiger partial charge in [0.25, 0.3) is 5.91 Å². The highest BCUT2D eigenvalue weighted by Gasteiger charge is 2.11. The number of nitrogens with two attached hydrogens (primary N) is 1. The highest BCUT2D eigenvalue weighted by atomic mass is 16.2. The van der Waals surface area contributed by atoms with Gasteiger partial charge in [-0.2, -0.15) is 5.10 Å². The average molecular weight is 247 g/mol. The Hall–Kier alpha value is -2.57. The zero-order valence-corrected chi connectivity index (χ0v) is 9.80. The number of carbonyl (C=O) groups is 1. The predicted octanol–water partition coefficient (Wildman–Crippen LogP) is -0.379. The zero-order chi connectivity index (χ0) is 13.1. The Morgan fingerprint density at radius 2 is 2.39 bits per heavy atom. The van der Waals surface area contributed by atoms with Crippen LogP contribution in [0.15, 0.2) is 29.5 Å². The Morgan fingerprint density at radius 3 is 3.00 bits per heavy atom. The third-order valence-corrected chi connectivity index (χ3v) is 2.57. The maximum absolute atomic E-state index is 11.8. The predicted molar refractivity (Wildman–Crippen MR) is 65.9 cm³/mol. The number of pyridine rings is 1. The molecular weight excluding hydrogens is 234 g/mol. The van der Waals surface area contributed by atoms with Crippen LogP contribution in [0.25, 0.3) is 0 Å². The van der Waals surface area contributed by atoms with Crippen molar-refractivity contribution in [1.82, 2.24) is 20.1 Å². The van der Waals surface area contributed by atoms with Gasteiger partial charge in [0, 0.05) is 37.6 Å². The van der Waals surface area contributed by atoms with Crippen molar-refractivity contribution in [2.24, 2.45) is 7.05 Å². The third-order valence-electron chi connectivity index (χ3n) is 2.57. The second-order valence-electron chi connectivity index (χ2n) is 3.78. The van der Waals surface area contributed by atoms with Gasteiger partial charge in [-0.3, -0.25) is 14.3 Å². The van der Waals surface area contributed by atoms with E-state index >= 15 is 0 Å². The van der Waals surface area contributed by atoms with E-state index in [1.165, 1.54) is 23.1 Å². The standard InChI is InChI=1S/C11H13N5O2/c1-16-10(12)7(5-15-16)4-14-11(18)8-6-13-3-2-9(8)17/h2-3,5-6H,4,12H2,1H3,(H,13,17)(H,14,18). The number of carbonyl (C=O) groups excluding carboxylic acids is 1. The van der Waals surface area contributed by atoms with Crippen molar-refractivity contribution in [2.45, 2.75) is 6.54 Å². The van der Waals surface area contributed by atoms with E-state index < -0.39 is 5.91 Å². The maximum atomic E-state index is 11.8. The first-order valence-electron chi connectivity index (χ1n) is 5.31. The number of nitrogens with zero attached hydrogens (tertiary/aromatic N) is 2. The first-order chi connectivity index (χ1) is 8.59. The minimum atomic E-state index is -0.444. The summed E-state index contributed by atoms with van der Waals surface area (Å²) in [5, 5.41) is 6.57. The minimum absolute atomic E-state index is 0.0694. The quantitative estimate of drug-likeness (QED) is 0.687. The van der Waals surface area contributed by atoms with Crippen molar-refractivity contribution in [3.8, 4) is 0 Å². The van der Waals surface area contributed by atoms with Crippen molar-refractivity contribution in [3.63, 3.8) is 0 Å². The fourth-order valence-electron chi connectivity index (χ4n) is 1.49. The SMILES string of the molecule is Cn1ncc(CNC(=O)c2c[nH]ccc2=O)c1N. The number of hydrogen-bond acceptors (Lipinski definition) is 4. The normalized spacial score (nSPS) is 10.3. The van der Waals surface area contributed by atoms with Gasteiger partial charge in [-0.15, -0.1) is 0 Å². The van der Waals surface area contributed by atoms with Gasteiger partial charge in [0.05, 0.1) is 6.20 Å². The van der Waals surface area contributed by atoms with Crippen LogP contribution in [0, 0.1) is 0 Å². The second-order valence-corrected chi connectivity index (χ2v) is 3.78. The first-order valence-corrected chi connectivity index (χ1v) is 5.31. The molecule has 0 aliphatic heterocycles. The topological polar surface area (TPSA) is 106 Å². The monoisotopic (exact) mass is 247 g/mol. The van der Waals surface area contributed by atoms with Crippen LogP contribution in [-0.2, 0) is 13.6 Å². The number of nitrogens with one attached hydrogen (secondary N) is 2. The van der Waals surface area contributed by atoms with Gasteiger partial charge in [-0.1, -0.05) is 0 Å². The van der Waals surface area contributed by atoms with Crippen LogP contribution in [0.3, 0.4) is 0 Å². The maximum Gasteiger partial charge on any atom is 0.257 e. The van der Waals surface area contributed by atoms with Crippen molar-refractivity contribution in [3.05, 3.63) is 46.0 Å². The summed E-state index contributed by atoms with van der Waals surface area (Å²) in [6.07, 6.45) is 4.41. The van der Waals surface area contributed by atoms with Gasteiger partial charge in [0.2, 0.25) is 0 Å². The number of aromatic amines is 1. The zero-order valence-electron chi connectivity index (χ0n) is 9.80. The molecule has 0 spiro atoms. The van der Waals surface area contributed by atoms with Gasteiger partial charge < -0.3 is 16.0 Å². The fourth-order valence-corrected chi connectivity index (χ4v) is 1.49. The highest BCUT2D eigenvalue weighted by Crippen LogP contribution is 2.08. The molecule has 1 amide bonds. The van der Waals surface area contributed by atoms with Crippen LogP contribution in [0.5, 0.6) is 0 Å². The number of aryl methyl sites for hydroxylation is 1. The Bertz CT molecular complexity index is 628. The van der Waals surface area contributed by atoms with Gasteiger partial charge in [0.1, 0.15) is 11.4 Å². The van der Waals surface area contributed by atoms with E-state index in [4.69, 9.17) is 5.73 Å². The summed E-state index contributed by atoms with van der Waals surface area (Å²) in [5.41, 5.74) is 6.19. The molecule has 0 unspecified atom stereocenters. The largest absolute Gasteiger partial charge is 0.384 e. The van der Waals surface area contributed by atoms with Crippen molar-refractivity contribution in [1.29, 1.82) is 0 Å². The summed E-state index contributed by atoms with van der Waals surface area (Å²) in [7, 11) is 1.71. The summed E-state index contributed by atoms with van der Waals surface area (Å²) in [4.78, 5) is 25.9. The van der Waals surface area contributed by atoms with E-state index in [0.717, 1.165) is 0 Å². The summed E-state index contributed by atoms with van der Waals surface area (Å²) < 4.78 is 1.51. The Balaban J connectivity index is 2.08. The minimum Gasteiger partial charge on any atom is -0.384 e. The van der Waals surface area contributed by atoms with E-state index in [2.05, 4.69) is 15.4 Å². The van der Waals surface area contributed by atoms with Crippen LogP contribution in [0.2, 0.25) is 0 Å². The Labute approximate surface area is 103 Å². The van der Waals surface area contributed by atoms with E-state index in [9.17, 15) is 9.59 Å². The molecule has 0 bridgehead atoms. The lowest BCUT2D eigenvalue weighted by Gasteiger charge is -2.04. The molecule has 2 heterocycles. The molecule has 0 atom stereocenters. The number of hydrogen-bond donors (Lipinski definition) is 3. The van der Waals surface area contributed by atoms with Crippen LogP contribution in [0.1, 0.15) is 15.9 Å². The molecule has 0 radical (unpaired) electrons. The third kappa shape index (κ3) is 2.24. The van der Waals surface area contributed by atoms with E-state index in [-0.39, 0.29) is 17.5 Å². The van der Waals surface area contributed by atoms with Crippen LogP contribution < -0.4 is 16.5 Å². The van der Waals surface area contributed by atoms with Crippen molar-refractivity contribution < 1.29 is 4.79 Å². The Morgan fingerprint density at radius 1 is 1.61 bits per heavy atom. The number of nitrogen functional groups attached to an aromatic ring is 1. The number of amides is 1. The molecule has 0 fully saturated rings. The van der Waals surface area contributed by atoms with Gasteiger partial charge in [0.15, 0.2) is 5.43 Å². The molecule has 0 aliphatic carbocycles. The van der Waals surface area contributed by atoms with E-state index in [1.807, 2.05) is 0 Å². The molecule has 4 N–H and O–H groups in total. The molecular formula is C11H13N5O2. The molecule has 18 heavy (non-hydrogen) atoms.